The van der Waals surface area contributed by atoms with Gasteiger partial charge in [0.15, 0.2) is 12.4 Å². The van der Waals surface area contributed by atoms with Crippen molar-refractivity contribution in [3.8, 4) is 5.75 Å². The van der Waals surface area contributed by atoms with Crippen molar-refractivity contribution in [2.75, 3.05) is 32.9 Å². The number of aryl methyl sites for hydroxylation is 1. The van der Waals surface area contributed by atoms with Crippen molar-refractivity contribution in [1.29, 1.82) is 0 Å². The Morgan fingerprint density at radius 2 is 2.03 bits per heavy atom. The maximum atomic E-state index is 12.9. The SMILES string of the molecule is Cc1nc2ccc(Br)cc2c(=O)n1N=Cc1cc(Cl)c(OCC(=O)N2CCOCC2)c(Br)c1. The van der Waals surface area contributed by atoms with Crippen LogP contribution >= 0.6 is 43.5 Å². The average Bonchev–Trinajstić information content (AvgIpc) is 2.79. The van der Waals surface area contributed by atoms with E-state index in [2.05, 4.69) is 41.9 Å². The van der Waals surface area contributed by atoms with E-state index in [9.17, 15) is 9.59 Å². The van der Waals surface area contributed by atoms with E-state index < -0.39 is 0 Å². The van der Waals surface area contributed by atoms with Gasteiger partial charge in [-0.3, -0.25) is 9.59 Å². The second-order valence-electron chi connectivity index (χ2n) is 7.28. The fraction of sp³-hybridized carbons (Fsp3) is 0.273. The van der Waals surface area contributed by atoms with Gasteiger partial charge in [0.2, 0.25) is 0 Å². The predicted octanol–water partition coefficient (Wildman–Crippen LogP) is 4.00. The van der Waals surface area contributed by atoms with E-state index >= 15 is 0 Å². The van der Waals surface area contributed by atoms with Crippen molar-refractivity contribution in [1.82, 2.24) is 14.6 Å². The molecule has 1 aliphatic heterocycles. The number of halogens is 3. The van der Waals surface area contributed by atoms with Crippen molar-refractivity contribution in [3.63, 3.8) is 0 Å². The summed E-state index contributed by atoms with van der Waals surface area (Å²) in [5.41, 5.74) is 0.965. The fourth-order valence-electron chi connectivity index (χ4n) is 3.35. The van der Waals surface area contributed by atoms with Crippen LogP contribution in [-0.4, -0.2) is 59.6 Å². The third-order valence-corrected chi connectivity index (χ3v) is 6.38. The molecule has 172 valence electrons. The summed E-state index contributed by atoms with van der Waals surface area (Å²) in [6.45, 7) is 3.73. The summed E-state index contributed by atoms with van der Waals surface area (Å²) >= 11 is 13.2. The molecule has 0 bridgehead atoms. The maximum Gasteiger partial charge on any atom is 0.282 e. The molecule has 3 aromatic rings. The van der Waals surface area contributed by atoms with Gasteiger partial charge in [0.1, 0.15) is 5.82 Å². The minimum absolute atomic E-state index is 0.126. The number of carbonyl (C=O) groups is 1. The highest BCUT2D eigenvalue weighted by atomic mass is 79.9. The van der Waals surface area contributed by atoms with Crippen LogP contribution in [0, 0.1) is 6.92 Å². The summed E-state index contributed by atoms with van der Waals surface area (Å²) in [7, 11) is 0. The van der Waals surface area contributed by atoms with Gasteiger partial charge >= 0.3 is 0 Å². The standard InChI is InChI=1S/C22H19Br2ClN4O4/c1-13-27-19-3-2-15(23)10-16(19)22(31)29(13)26-11-14-8-17(24)21(18(25)9-14)33-12-20(30)28-4-6-32-7-5-28/h2-3,8-11H,4-7,12H2,1H3. The number of carbonyl (C=O) groups excluding carboxylic acids is 1. The molecule has 1 saturated heterocycles. The van der Waals surface area contributed by atoms with Gasteiger partial charge in [-0.15, -0.1) is 0 Å². The Labute approximate surface area is 211 Å². The van der Waals surface area contributed by atoms with Crippen LogP contribution in [0.4, 0.5) is 0 Å². The molecule has 8 nitrogen and oxygen atoms in total. The largest absolute Gasteiger partial charge is 0.481 e. The van der Waals surface area contributed by atoms with E-state index in [0.717, 1.165) is 4.47 Å². The molecule has 33 heavy (non-hydrogen) atoms. The molecule has 0 unspecified atom stereocenters. The normalized spacial score (nSPS) is 14.2. The number of aromatic nitrogens is 2. The molecular formula is C22H19Br2ClN4O4. The predicted molar refractivity (Wildman–Crippen MR) is 133 cm³/mol. The Bertz CT molecular complexity index is 1280. The van der Waals surface area contributed by atoms with Crippen LogP contribution in [0.2, 0.25) is 5.02 Å². The average molecular weight is 599 g/mol. The fourth-order valence-corrected chi connectivity index (χ4v) is 4.70. The Morgan fingerprint density at radius 1 is 1.27 bits per heavy atom. The number of ether oxygens (including phenoxy) is 2. The van der Waals surface area contributed by atoms with Gasteiger partial charge in [0.05, 0.1) is 39.8 Å². The molecule has 4 rings (SSSR count). The van der Waals surface area contributed by atoms with E-state index in [-0.39, 0.29) is 18.1 Å². The highest BCUT2D eigenvalue weighted by Crippen LogP contribution is 2.34. The van der Waals surface area contributed by atoms with Crippen LogP contribution in [-0.2, 0) is 9.53 Å². The van der Waals surface area contributed by atoms with Gasteiger partial charge in [0.25, 0.3) is 11.5 Å². The lowest BCUT2D eigenvalue weighted by molar-refractivity contribution is -0.137. The van der Waals surface area contributed by atoms with E-state index in [1.807, 2.05) is 6.07 Å². The number of hydrogen-bond acceptors (Lipinski definition) is 6. The lowest BCUT2D eigenvalue weighted by Crippen LogP contribution is -2.43. The first-order valence-corrected chi connectivity index (χ1v) is 12.0. The quantitative estimate of drug-likeness (QED) is 0.415. The molecule has 1 aliphatic rings. The van der Waals surface area contributed by atoms with Crippen LogP contribution in [0.5, 0.6) is 5.75 Å². The maximum absolute atomic E-state index is 12.9. The first-order chi connectivity index (χ1) is 15.8. The summed E-state index contributed by atoms with van der Waals surface area (Å²) in [6, 6.07) is 8.72. The van der Waals surface area contributed by atoms with Crippen molar-refractivity contribution < 1.29 is 14.3 Å². The number of morpholine rings is 1. The second kappa shape index (κ2) is 10.3. The molecule has 1 amide bonds. The molecule has 0 aliphatic carbocycles. The van der Waals surface area contributed by atoms with E-state index in [0.29, 0.717) is 63.8 Å². The van der Waals surface area contributed by atoms with E-state index in [1.165, 1.54) is 10.9 Å². The molecule has 11 heteroatoms. The number of nitrogens with zero attached hydrogens (tertiary/aromatic N) is 4. The minimum atomic E-state index is -0.276. The topological polar surface area (TPSA) is 86.0 Å². The third kappa shape index (κ3) is 5.46. The van der Waals surface area contributed by atoms with Crippen molar-refractivity contribution >= 4 is 66.5 Å². The zero-order valence-corrected chi connectivity index (χ0v) is 21.5. The van der Waals surface area contributed by atoms with Gasteiger partial charge in [-0.2, -0.15) is 9.78 Å². The summed E-state index contributed by atoms with van der Waals surface area (Å²) < 4.78 is 13.5. The number of benzene rings is 2. The number of fused-ring (bicyclic) bond motifs is 1. The smallest absolute Gasteiger partial charge is 0.282 e. The monoisotopic (exact) mass is 596 g/mol. The third-order valence-electron chi connectivity index (χ3n) is 5.02. The summed E-state index contributed by atoms with van der Waals surface area (Å²) in [6.07, 6.45) is 1.51. The first kappa shape index (κ1) is 23.9. The molecule has 0 atom stereocenters. The van der Waals surface area contributed by atoms with Crippen LogP contribution < -0.4 is 10.3 Å². The molecule has 1 aromatic heterocycles. The van der Waals surface area contributed by atoms with Crippen LogP contribution in [0.3, 0.4) is 0 Å². The Kier molecular flexibility index (Phi) is 7.48. The Balaban J connectivity index is 1.54. The van der Waals surface area contributed by atoms with Gasteiger partial charge in [-0.05, 0) is 58.7 Å². The second-order valence-corrected chi connectivity index (χ2v) is 9.45. The minimum Gasteiger partial charge on any atom is -0.481 e. The van der Waals surface area contributed by atoms with Gasteiger partial charge in [-0.1, -0.05) is 27.5 Å². The molecular weight excluding hydrogens is 580 g/mol. The number of hydrogen-bond donors (Lipinski definition) is 0. The Morgan fingerprint density at radius 3 is 2.76 bits per heavy atom. The highest BCUT2D eigenvalue weighted by Gasteiger charge is 2.18. The summed E-state index contributed by atoms with van der Waals surface area (Å²) in [5, 5.41) is 5.08. The lowest BCUT2D eigenvalue weighted by atomic mass is 10.2. The number of rotatable bonds is 5. The Hall–Kier alpha value is -2.27. The van der Waals surface area contributed by atoms with Gasteiger partial charge < -0.3 is 14.4 Å². The molecule has 2 heterocycles. The zero-order chi connectivity index (χ0) is 23.5. The lowest BCUT2D eigenvalue weighted by Gasteiger charge is -2.26. The van der Waals surface area contributed by atoms with E-state index in [4.69, 9.17) is 21.1 Å². The molecule has 0 N–H and O–H groups in total. The van der Waals surface area contributed by atoms with Crippen LogP contribution in [0.25, 0.3) is 10.9 Å². The molecule has 0 radical (unpaired) electrons. The molecule has 0 saturated carbocycles. The molecule has 2 aromatic carbocycles. The first-order valence-electron chi connectivity index (χ1n) is 10.0. The van der Waals surface area contributed by atoms with Gasteiger partial charge in [-0.25, -0.2) is 4.98 Å². The van der Waals surface area contributed by atoms with Crippen molar-refractivity contribution in [3.05, 3.63) is 66.0 Å². The number of amides is 1. The zero-order valence-electron chi connectivity index (χ0n) is 17.6. The molecule has 0 spiro atoms. The van der Waals surface area contributed by atoms with E-state index in [1.54, 1.807) is 36.1 Å². The molecule has 1 fully saturated rings. The van der Waals surface area contributed by atoms with Crippen molar-refractivity contribution in [2.24, 2.45) is 5.10 Å². The summed E-state index contributed by atoms with van der Waals surface area (Å²) in [4.78, 5) is 31.3. The highest BCUT2D eigenvalue weighted by molar-refractivity contribution is 9.10. The van der Waals surface area contributed by atoms with Crippen molar-refractivity contribution in [2.45, 2.75) is 6.92 Å². The van der Waals surface area contributed by atoms with Crippen LogP contribution in [0.15, 0.2) is 49.2 Å². The van der Waals surface area contributed by atoms with Gasteiger partial charge in [0, 0.05) is 17.6 Å². The van der Waals surface area contributed by atoms with Crippen LogP contribution in [0.1, 0.15) is 11.4 Å². The summed E-state index contributed by atoms with van der Waals surface area (Å²) in [5.74, 6) is 0.691.